The molecule has 0 aliphatic heterocycles. The highest BCUT2D eigenvalue weighted by molar-refractivity contribution is 6.76. The number of hydrogen-bond acceptors (Lipinski definition) is 3. The highest BCUT2D eigenvalue weighted by Gasteiger charge is 2.30. The maximum Gasteiger partial charge on any atom is 0.402 e. The van der Waals surface area contributed by atoms with Crippen LogP contribution in [-0.4, -0.2) is 27.0 Å². The van der Waals surface area contributed by atoms with Gasteiger partial charge in [0.25, 0.3) is 3.79 Å². The van der Waals surface area contributed by atoms with Crippen molar-refractivity contribution in [3.63, 3.8) is 0 Å². The second-order valence-corrected chi connectivity index (χ2v) is 3.63. The first-order chi connectivity index (χ1) is 5.71. The summed E-state index contributed by atoms with van der Waals surface area (Å²) in [5, 5.41) is 7.19. The van der Waals surface area contributed by atoms with E-state index < -0.39 is 15.8 Å². The van der Waals surface area contributed by atoms with Crippen LogP contribution in [0.2, 0.25) is 0 Å². The van der Waals surface area contributed by atoms with Gasteiger partial charge in [-0.2, -0.15) is 0 Å². The Hall–Kier alpha value is -0.810. The first-order valence-electron chi connectivity index (χ1n) is 2.39. The number of carbonyl (C=O) groups is 2. The predicted octanol–water partition coefficient (Wildman–Crippen LogP) is 0.842. The number of nitrogens with zero attached hydrogens (tertiary/aromatic N) is 1. The van der Waals surface area contributed by atoms with Gasteiger partial charge >= 0.3 is 12.0 Å². The number of hydrogen-bond donors (Lipinski definition) is 2. The van der Waals surface area contributed by atoms with Gasteiger partial charge in [0.1, 0.15) is 0 Å². The van der Waals surface area contributed by atoms with Gasteiger partial charge < -0.3 is 10.8 Å². The average molecular weight is 249 g/mol. The van der Waals surface area contributed by atoms with E-state index in [1.807, 2.05) is 0 Å². The lowest BCUT2D eigenvalue weighted by molar-refractivity contribution is -0.116. The zero-order valence-corrected chi connectivity index (χ0v) is 8.10. The Morgan fingerprint density at radius 1 is 1.38 bits per heavy atom. The van der Waals surface area contributed by atoms with Gasteiger partial charge in [-0.15, -0.1) is 4.99 Å². The van der Waals surface area contributed by atoms with Gasteiger partial charge in [0, 0.05) is 0 Å². The van der Waals surface area contributed by atoms with Crippen LogP contribution < -0.4 is 5.73 Å². The summed E-state index contributed by atoms with van der Waals surface area (Å²) < 4.78 is -2.14. The van der Waals surface area contributed by atoms with Crippen LogP contribution >= 0.6 is 34.8 Å². The zero-order chi connectivity index (χ0) is 11.1. The molecule has 74 valence electrons. The van der Waals surface area contributed by atoms with Crippen LogP contribution in [0.1, 0.15) is 0 Å². The summed E-state index contributed by atoms with van der Waals surface area (Å²) in [5.74, 6) is -1.14. The Morgan fingerprint density at radius 3 is 1.77 bits per heavy atom. The van der Waals surface area contributed by atoms with Crippen molar-refractivity contribution in [2.45, 2.75) is 3.79 Å². The molecule has 0 rings (SSSR count). The fourth-order valence-corrected chi connectivity index (χ4v) is 0.232. The Bertz CT molecular complexity index is 238. The van der Waals surface area contributed by atoms with Gasteiger partial charge in [-0.25, -0.2) is 9.59 Å². The zero-order valence-electron chi connectivity index (χ0n) is 5.83. The maximum atomic E-state index is 10.2. The fraction of sp³-hybridized carbons (Fsp3) is 0.250. The van der Waals surface area contributed by atoms with Crippen molar-refractivity contribution in [3.8, 4) is 0 Å². The van der Waals surface area contributed by atoms with Crippen LogP contribution in [0.15, 0.2) is 4.99 Å². The predicted molar refractivity (Wildman–Crippen MR) is 45.6 cm³/mol. The molecule has 0 saturated carbocycles. The number of nitrogens with two attached hydrogens (primary N) is 1. The van der Waals surface area contributed by atoms with E-state index in [4.69, 9.17) is 44.7 Å². The molecule has 0 aromatic rings. The standard InChI is InChI=1S/C3Cl3NO2.CH3NO2/c4-3(5,6)2(9)7-1-8;2-1(3)4/h;2H2,(H,3,4). The van der Waals surface area contributed by atoms with Crippen LogP contribution in [0.5, 0.6) is 0 Å². The molecule has 0 atom stereocenters. The molecular weight excluding hydrogens is 246 g/mol. The van der Waals surface area contributed by atoms with Gasteiger partial charge in [0.15, 0.2) is 0 Å². The van der Waals surface area contributed by atoms with Crippen molar-refractivity contribution < 1.29 is 19.5 Å². The molecule has 0 aromatic heterocycles. The SMILES string of the molecule is NC(=O)O.O=C=NC(=O)C(Cl)(Cl)Cl. The number of aliphatic imine (C=N–C) groups is 1. The third-order valence-corrected chi connectivity index (χ3v) is 0.875. The first-order valence-corrected chi connectivity index (χ1v) is 3.52. The average Bonchev–Trinajstić information content (AvgIpc) is 1.84. The molecule has 0 aliphatic carbocycles. The molecule has 13 heavy (non-hydrogen) atoms. The van der Waals surface area contributed by atoms with Crippen molar-refractivity contribution in [1.82, 2.24) is 0 Å². The number of halogens is 3. The third-order valence-electron chi connectivity index (χ3n) is 0.390. The summed E-state index contributed by atoms with van der Waals surface area (Å²) in [6, 6.07) is 0. The van der Waals surface area contributed by atoms with Gasteiger partial charge in [0.2, 0.25) is 6.08 Å². The van der Waals surface area contributed by atoms with Gasteiger partial charge in [0.05, 0.1) is 0 Å². The topological polar surface area (TPSA) is 110 Å². The molecule has 0 heterocycles. The van der Waals surface area contributed by atoms with E-state index in [1.54, 1.807) is 0 Å². The fourth-order valence-electron chi connectivity index (χ4n) is 0.105. The maximum absolute atomic E-state index is 10.2. The van der Waals surface area contributed by atoms with Crippen LogP contribution in [0.3, 0.4) is 0 Å². The molecule has 0 saturated heterocycles. The largest absolute Gasteiger partial charge is 0.465 e. The van der Waals surface area contributed by atoms with Gasteiger partial charge in [-0.05, 0) is 0 Å². The molecule has 2 amide bonds. The first kappa shape index (κ1) is 14.7. The molecule has 0 unspecified atom stereocenters. The lowest BCUT2D eigenvalue weighted by Crippen LogP contribution is -2.15. The molecule has 0 radical (unpaired) electrons. The number of isocyanates is 1. The summed E-state index contributed by atoms with van der Waals surface area (Å²) in [4.78, 5) is 30.9. The normalized spacial score (nSPS) is 8.85. The second kappa shape index (κ2) is 6.68. The summed E-state index contributed by atoms with van der Waals surface area (Å²) in [6.07, 6.45) is -0.387. The van der Waals surface area contributed by atoms with Crippen LogP contribution in [0.25, 0.3) is 0 Å². The minimum atomic E-state index is -2.14. The summed E-state index contributed by atoms with van der Waals surface area (Å²) >= 11 is 14.9. The molecular formula is C4H3Cl3N2O4. The highest BCUT2D eigenvalue weighted by Crippen LogP contribution is 2.26. The van der Waals surface area contributed by atoms with E-state index in [2.05, 4.69) is 10.7 Å². The van der Waals surface area contributed by atoms with Gasteiger partial charge in [-0.1, -0.05) is 34.8 Å². The smallest absolute Gasteiger partial charge is 0.402 e. The third kappa shape index (κ3) is 14.1. The molecule has 0 spiro atoms. The van der Waals surface area contributed by atoms with Crippen molar-refractivity contribution in [3.05, 3.63) is 0 Å². The van der Waals surface area contributed by atoms with Crippen LogP contribution in [0, 0.1) is 0 Å². The number of primary amides is 1. The number of carbonyl (C=O) groups excluding carboxylic acids is 2. The molecule has 0 fully saturated rings. The number of alkyl halides is 3. The molecule has 9 heteroatoms. The quantitative estimate of drug-likeness (QED) is 0.376. The van der Waals surface area contributed by atoms with Crippen molar-refractivity contribution in [1.29, 1.82) is 0 Å². The minimum Gasteiger partial charge on any atom is -0.465 e. The monoisotopic (exact) mass is 248 g/mol. The molecule has 0 bridgehead atoms. The number of amides is 2. The van der Waals surface area contributed by atoms with E-state index >= 15 is 0 Å². The minimum absolute atomic E-state index is 0.946. The highest BCUT2D eigenvalue weighted by atomic mass is 35.6. The van der Waals surface area contributed by atoms with E-state index in [-0.39, 0.29) is 0 Å². The number of carboxylic acid groups (broad SMARTS) is 1. The van der Waals surface area contributed by atoms with Gasteiger partial charge in [-0.3, -0.25) is 4.79 Å². The van der Waals surface area contributed by atoms with Crippen molar-refractivity contribution in [2.24, 2.45) is 10.7 Å². The molecule has 3 N–H and O–H groups in total. The lowest BCUT2D eigenvalue weighted by Gasteiger charge is -2.00. The van der Waals surface area contributed by atoms with Crippen molar-refractivity contribution in [2.75, 3.05) is 0 Å². The van der Waals surface area contributed by atoms with E-state index in [0.717, 1.165) is 6.08 Å². The second-order valence-electron chi connectivity index (χ2n) is 1.34. The lowest BCUT2D eigenvalue weighted by atomic mass is 10.7. The number of rotatable bonds is 0. The molecule has 0 aliphatic rings. The van der Waals surface area contributed by atoms with E-state index in [9.17, 15) is 9.59 Å². The van der Waals surface area contributed by atoms with E-state index in [0.29, 0.717) is 0 Å². The van der Waals surface area contributed by atoms with Crippen molar-refractivity contribution >= 4 is 52.9 Å². The van der Waals surface area contributed by atoms with Crippen LogP contribution in [-0.2, 0) is 9.59 Å². The Morgan fingerprint density at radius 2 is 1.69 bits per heavy atom. The molecule has 0 aromatic carbocycles. The summed E-state index contributed by atoms with van der Waals surface area (Å²) in [7, 11) is 0. The Kier molecular flexibility index (Phi) is 7.55. The Balaban J connectivity index is 0. The van der Waals surface area contributed by atoms with E-state index in [1.165, 1.54) is 0 Å². The summed E-state index contributed by atoms with van der Waals surface area (Å²) in [5.41, 5.74) is 4.03. The summed E-state index contributed by atoms with van der Waals surface area (Å²) in [6.45, 7) is 0. The molecule has 6 nitrogen and oxygen atoms in total. The van der Waals surface area contributed by atoms with Crippen LogP contribution in [0.4, 0.5) is 4.79 Å². The Labute approximate surface area is 87.3 Å².